The van der Waals surface area contributed by atoms with Gasteiger partial charge in [-0.2, -0.15) is 0 Å². The highest BCUT2D eigenvalue weighted by Crippen LogP contribution is 2.50. The summed E-state index contributed by atoms with van der Waals surface area (Å²) >= 11 is 0. The molecule has 0 aliphatic carbocycles. The predicted octanol–water partition coefficient (Wildman–Crippen LogP) is 8.25. The van der Waals surface area contributed by atoms with Gasteiger partial charge in [-0.3, -0.25) is 13.6 Å². The van der Waals surface area contributed by atoms with Crippen LogP contribution in [0.4, 0.5) is 0 Å². The predicted molar refractivity (Wildman–Crippen MR) is 174 cm³/mol. The lowest BCUT2D eigenvalue weighted by Crippen LogP contribution is -2.64. The van der Waals surface area contributed by atoms with Gasteiger partial charge in [0.2, 0.25) is 0 Å². The summed E-state index contributed by atoms with van der Waals surface area (Å²) in [7, 11) is -3.83. The highest BCUT2D eigenvalue weighted by molar-refractivity contribution is 7.48. The van der Waals surface area contributed by atoms with Crippen LogP contribution in [0.1, 0.15) is 126 Å². The zero-order valence-corrected chi connectivity index (χ0v) is 30.0. The Hall–Kier alpha value is -0.130. The molecule has 0 radical (unpaired) electrons. The minimum Gasteiger partial charge on any atom is -0.373 e. The van der Waals surface area contributed by atoms with Crippen LogP contribution in [-0.4, -0.2) is 89.7 Å². The van der Waals surface area contributed by atoms with Gasteiger partial charge in [-0.15, -0.1) is 0 Å². The molecule has 1 aliphatic rings. The summed E-state index contributed by atoms with van der Waals surface area (Å²) in [5, 5.41) is 0. The third-order valence-electron chi connectivity index (χ3n) is 7.37. The van der Waals surface area contributed by atoms with E-state index in [4.69, 9.17) is 42.0 Å². The molecule has 0 aromatic heterocycles. The molecule has 1 aliphatic heterocycles. The first-order valence-corrected chi connectivity index (χ1v) is 19.2. The lowest BCUT2D eigenvalue weighted by molar-refractivity contribution is -0.332. The monoisotopic (exact) mass is 654 g/mol. The fraction of sp³-hybridized carbons (Fsp3) is 1.00. The van der Waals surface area contributed by atoms with E-state index in [2.05, 4.69) is 41.5 Å². The van der Waals surface area contributed by atoms with Crippen molar-refractivity contribution in [2.24, 2.45) is 0 Å². The van der Waals surface area contributed by atoms with E-state index in [-0.39, 0.29) is 6.61 Å². The summed E-state index contributed by atoms with van der Waals surface area (Å²) in [6.07, 6.45) is 7.50. The molecule has 264 valence electrons. The molecule has 0 amide bonds. The van der Waals surface area contributed by atoms with E-state index in [0.29, 0.717) is 46.2 Å². The van der Waals surface area contributed by atoms with Crippen LogP contribution in [0, 0.1) is 0 Å². The summed E-state index contributed by atoms with van der Waals surface area (Å²) < 4.78 is 69.9. The number of ether oxygens (including phenoxy) is 6. The average Bonchev–Trinajstić information content (AvgIpc) is 3.01. The maximum absolute atomic E-state index is 13.7. The number of phosphoric acid groups is 1. The first kappa shape index (κ1) is 41.9. The quantitative estimate of drug-likeness (QED) is 0.0556. The Morgan fingerprint density at radius 1 is 0.545 bits per heavy atom. The first-order chi connectivity index (χ1) is 21.4. The number of unbranched alkanes of at least 4 members (excludes halogenated alkanes) is 6. The average molecular weight is 655 g/mol. The summed E-state index contributed by atoms with van der Waals surface area (Å²) in [4.78, 5) is 0. The smallest absolute Gasteiger partial charge is 0.373 e. The molecule has 0 saturated carbocycles. The highest BCUT2D eigenvalue weighted by Gasteiger charge is 2.52. The Kier molecular flexibility index (Phi) is 25.6. The molecular formula is C33H67O10P. The maximum Gasteiger partial charge on any atom is 0.474 e. The largest absolute Gasteiger partial charge is 0.474 e. The van der Waals surface area contributed by atoms with Gasteiger partial charge in [-0.25, -0.2) is 4.57 Å². The van der Waals surface area contributed by atoms with Crippen LogP contribution < -0.4 is 0 Å². The van der Waals surface area contributed by atoms with Crippen LogP contribution >= 0.6 is 7.82 Å². The summed E-state index contributed by atoms with van der Waals surface area (Å²) in [5.41, 5.74) is 0. The molecule has 1 heterocycles. The molecule has 0 N–H and O–H groups in total. The van der Waals surface area contributed by atoms with Gasteiger partial charge in [-0.05, 0) is 45.4 Å². The fourth-order valence-electron chi connectivity index (χ4n) is 4.61. The molecule has 1 rings (SSSR count). The van der Waals surface area contributed by atoms with E-state index in [9.17, 15) is 4.57 Å². The Labute approximate surface area is 269 Å². The van der Waals surface area contributed by atoms with E-state index in [1.807, 2.05) is 6.92 Å². The maximum atomic E-state index is 13.7. The zero-order valence-electron chi connectivity index (χ0n) is 29.1. The molecule has 10 nitrogen and oxygen atoms in total. The van der Waals surface area contributed by atoms with E-state index in [1.165, 1.54) is 0 Å². The summed E-state index contributed by atoms with van der Waals surface area (Å²) in [6.45, 7) is 17.7. The van der Waals surface area contributed by atoms with Gasteiger partial charge in [0.15, 0.2) is 6.29 Å². The van der Waals surface area contributed by atoms with Gasteiger partial charge in [0.25, 0.3) is 0 Å². The van der Waals surface area contributed by atoms with Gasteiger partial charge < -0.3 is 28.4 Å². The molecule has 0 bridgehead atoms. The Bertz CT molecular complexity index is 685. The number of rotatable bonds is 30. The molecule has 0 aromatic rings. The molecule has 44 heavy (non-hydrogen) atoms. The van der Waals surface area contributed by atoms with Crippen LogP contribution in [0.5, 0.6) is 0 Å². The standard InChI is InChI=1S/C33H67O10P/c1-8-15-21-36-28(27-42-44(34,40-25-19-12-5)41-26-20-13-6)29-30(37-22-16-9-2)31(38-23-17-10-3)32(39-24-18-11-4)33(43-29)35-14-7/h28-33H,8-27H2,1-7H3/t28-,29?,30-,31?,32-,33-/m1/s1. The first-order valence-electron chi connectivity index (χ1n) is 17.7. The van der Waals surface area contributed by atoms with E-state index in [0.717, 1.165) is 77.0 Å². The van der Waals surface area contributed by atoms with Crippen LogP contribution in [0.25, 0.3) is 0 Å². The van der Waals surface area contributed by atoms with Crippen molar-refractivity contribution in [1.29, 1.82) is 0 Å². The molecule has 1 fully saturated rings. The minimum absolute atomic E-state index is 0.0561. The van der Waals surface area contributed by atoms with Gasteiger partial charge in [-0.1, -0.05) is 80.1 Å². The molecule has 6 atom stereocenters. The zero-order chi connectivity index (χ0) is 32.5. The van der Waals surface area contributed by atoms with Crippen molar-refractivity contribution in [3.8, 4) is 0 Å². The lowest BCUT2D eigenvalue weighted by Gasteiger charge is -2.47. The second-order valence-corrected chi connectivity index (χ2v) is 13.0. The number of hydrogen-bond donors (Lipinski definition) is 0. The molecule has 1 saturated heterocycles. The molecule has 2 unspecified atom stereocenters. The van der Waals surface area contributed by atoms with Gasteiger partial charge in [0.05, 0.1) is 19.8 Å². The van der Waals surface area contributed by atoms with Crippen LogP contribution in [0.15, 0.2) is 0 Å². The van der Waals surface area contributed by atoms with Crippen molar-refractivity contribution >= 4 is 7.82 Å². The van der Waals surface area contributed by atoms with E-state index < -0.39 is 44.6 Å². The van der Waals surface area contributed by atoms with Crippen molar-refractivity contribution < 1.29 is 46.6 Å². The second kappa shape index (κ2) is 26.9. The Balaban J connectivity index is 3.42. The Morgan fingerprint density at radius 2 is 1.00 bits per heavy atom. The SMILES string of the molecule is CCCCOC1[C@H](OCCCC)C([C@@H](COP(=O)(OCCCC)OCCCC)OCCCC)O[C@@H](OCC)[C@@H]1OCCCC. The van der Waals surface area contributed by atoms with Crippen molar-refractivity contribution in [3.05, 3.63) is 0 Å². The summed E-state index contributed by atoms with van der Waals surface area (Å²) in [6, 6.07) is 0. The topological polar surface area (TPSA) is 100 Å². The lowest BCUT2D eigenvalue weighted by atomic mass is 9.94. The van der Waals surface area contributed by atoms with Gasteiger partial charge >= 0.3 is 7.82 Å². The van der Waals surface area contributed by atoms with Crippen molar-refractivity contribution in [2.75, 3.05) is 52.9 Å². The third-order valence-corrected chi connectivity index (χ3v) is 8.84. The molecule has 0 aromatic carbocycles. The summed E-state index contributed by atoms with van der Waals surface area (Å²) in [5.74, 6) is 0. The van der Waals surface area contributed by atoms with E-state index in [1.54, 1.807) is 0 Å². The molecular weight excluding hydrogens is 587 g/mol. The minimum atomic E-state index is -3.83. The Morgan fingerprint density at radius 3 is 1.50 bits per heavy atom. The van der Waals surface area contributed by atoms with Crippen molar-refractivity contribution in [2.45, 2.75) is 162 Å². The van der Waals surface area contributed by atoms with Crippen LogP contribution in [-0.2, 0) is 46.6 Å². The molecule has 11 heteroatoms. The number of hydrogen-bond acceptors (Lipinski definition) is 10. The van der Waals surface area contributed by atoms with Crippen LogP contribution in [0.2, 0.25) is 0 Å². The third kappa shape index (κ3) is 16.6. The highest BCUT2D eigenvalue weighted by atomic mass is 31.2. The second-order valence-electron chi connectivity index (χ2n) is 11.4. The number of phosphoric ester groups is 1. The van der Waals surface area contributed by atoms with Gasteiger partial charge in [0, 0.05) is 33.0 Å². The van der Waals surface area contributed by atoms with Crippen molar-refractivity contribution in [1.82, 2.24) is 0 Å². The van der Waals surface area contributed by atoms with Crippen LogP contribution in [0.3, 0.4) is 0 Å². The molecule has 0 spiro atoms. The fourth-order valence-corrected chi connectivity index (χ4v) is 5.87. The normalized spacial score (nSPS) is 23.3. The van der Waals surface area contributed by atoms with Gasteiger partial charge in [0.1, 0.15) is 30.5 Å². The van der Waals surface area contributed by atoms with E-state index >= 15 is 0 Å². The van der Waals surface area contributed by atoms with Crippen molar-refractivity contribution in [3.63, 3.8) is 0 Å².